The van der Waals surface area contributed by atoms with Crippen molar-refractivity contribution in [3.63, 3.8) is 0 Å². The highest BCUT2D eigenvalue weighted by molar-refractivity contribution is 5.74. The smallest absolute Gasteiger partial charge is 0.311 e. The Hall–Kier alpha value is -0.610. The summed E-state index contributed by atoms with van der Waals surface area (Å²) in [6.07, 6.45) is 0. The Morgan fingerprint density at radius 1 is 1.57 bits per heavy atom. The molecule has 0 spiro atoms. The molecule has 0 aromatic carbocycles. The van der Waals surface area contributed by atoms with Crippen LogP contribution in [0.1, 0.15) is 13.8 Å². The molecule has 0 bridgehead atoms. The highest BCUT2D eigenvalue weighted by atomic mass is 16.5. The van der Waals surface area contributed by atoms with E-state index in [-0.39, 0.29) is 24.0 Å². The number of esters is 1. The summed E-state index contributed by atoms with van der Waals surface area (Å²) in [5, 5.41) is 0. The van der Waals surface area contributed by atoms with E-state index in [1.54, 1.807) is 0 Å². The van der Waals surface area contributed by atoms with Crippen LogP contribution < -0.4 is 5.73 Å². The number of carbonyl (C=O) groups excluding carboxylic acids is 1. The number of nitrogens with two attached hydrogens (primary N) is 1. The molecule has 14 heavy (non-hydrogen) atoms. The van der Waals surface area contributed by atoms with Gasteiger partial charge in [0.25, 0.3) is 0 Å². The summed E-state index contributed by atoms with van der Waals surface area (Å²) in [5.41, 5.74) is 6.05. The Kier molecular flexibility index (Phi) is 3.50. The van der Waals surface area contributed by atoms with Crippen molar-refractivity contribution in [3.8, 4) is 0 Å². The summed E-state index contributed by atoms with van der Waals surface area (Å²) in [6.45, 7) is 4.96. The van der Waals surface area contributed by atoms with Crippen molar-refractivity contribution in [2.75, 3.05) is 20.7 Å². The highest BCUT2D eigenvalue weighted by Crippen LogP contribution is 2.26. The molecular formula is C10H20N2O2. The normalized spacial score (nSPS) is 33.7. The highest BCUT2D eigenvalue weighted by Gasteiger charge is 2.43. The van der Waals surface area contributed by atoms with Gasteiger partial charge < -0.3 is 15.4 Å². The fraction of sp³-hybridized carbons (Fsp3) is 0.900. The molecule has 0 saturated carbocycles. The van der Waals surface area contributed by atoms with Crippen LogP contribution >= 0.6 is 0 Å². The summed E-state index contributed by atoms with van der Waals surface area (Å²) in [4.78, 5) is 13.6. The molecule has 0 radical (unpaired) electrons. The molecule has 1 aliphatic heterocycles. The van der Waals surface area contributed by atoms with Gasteiger partial charge in [0, 0.05) is 18.6 Å². The van der Waals surface area contributed by atoms with Gasteiger partial charge in [0.1, 0.15) is 0 Å². The Balaban J connectivity index is 2.73. The number of hydrogen-bond acceptors (Lipinski definition) is 4. The van der Waals surface area contributed by atoms with Gasteiger partial charge in [-0.3, -0.25) is 4.79 Å². The predicted molar refractivity (Wildman–Crippen MR) is 54.7 cm³/mol. The van der Waals surface area contributed by atoms with Crippen LogP contribution in [0, 0.1) is 11.8 Å². The van der Waals surface area contributed by atoms with Gasteiger partial charge in [0.2, 0.25) is 0 Å². The maximum Gasteiger partial charge on any atom is 0.311 e. The van der Waals surface area contributed by atoms with Crippen LogP contribution in [0.15, 0.2) is 0 Å². The van der Waals surface area contributed by atoms with Crippen LogP contribution in [0.2, 0.25) is 0 Å². The Morgan fingerprint density at radius 3 is 2.50 bits per heavy atom. The first-order chi connectivity index (χ1) is 6.49. The van der Waals surface area contributed by atoms with Crippen molar-refractivity contribution < 1.29 is 9.53 Å². The van der Waals surface area contributed by atoms with Crippen molar-refractivity contribution in [1.29, 1.82) is 0 Å². The molecule has 3 unspecified atom stereocenters. The first kappa shape index (κ1) is 11.5. The molecule has 82 valence electrons. The molecule has 4 heteroatoms. The van der Waals surface area contributed by atoms with Gasteiger partial charge >= 0.3 is 5.97 Å². The fourth-order valence-corrected chi connectivity index (χ4v) is 2.42. The quantitative estimate of drug-likeness (QED) is 0.641. The minimum atomic E-state index is -0.187. The zero-order valence-electron chi connectivity index (χ0n) is 9.36. The molecule has 0 aromatic rings. The maximum atomic E-state index is 11.4. The van der Waals surface area contributed by atoms with E-state index < -0.39 is 0 Å². The van der Waals surface area contributed by atoms with Gasteiger partial charge in [-0.15, -0.1) is 0 Å². The number of rotatable bonds is 2. The second-order valence-corrected chi connectivity index (χ2v) is 4.38. The van der Waals surface area contributed by atoms with Crippen LogP contribution in [0.25, 0.3) is 0 Å². The largest absolute Gasteiger partial charge is 0.469 e. The monoisotopic (exact) mass is 200 g/mol. The van der Waals surface area contributed by atoms with E-state index in [1.165, 1.54) is 7.11 Å². The second kappa shape index (κ2) is 4.28. The van der Waals surface area contributed by atoms with E-state index in [1.807, 2.05) is 7.05 Å². The third-order valence-corrected chi connectivity index (χ3v) is 3.04. The zero-order valence-corrected chi connectivity index (χ0v) is 9.36. The lowest BCUT2D eigenvalue weighted by molar-refractivity contribution is -0.145. The SMILES string of the molecule is COC(=O)C1CN(C)C(C(C)C)C1N. The first-order valence-electron chi connectivity index (χ1n) is 5.02. The van der Waals surface area contributed by atoms with Crippen LogP contribution in [0.5, 0.6) is 0 Å². The van der Waals surface area contributed by atoms with E-state index in [0.717, 1.165) is 0 Å². The molecule has 1 fully saturated rings. The number of hydrogen-bond donors (Lipinski definition) is 1. The van der Waals surface area contributed by atoms with E-state index in [4.69, 9.17) is 10.5 Å². The molecule has 0 aromatic heterocycles. The number of methoxy groups -OCH3 is 1. The molecule has 1 rings (SSSR count). The molecule has 3 atom stereocenters. The summed E-state index contributed by atoms with van der Waals surface area (Å²) < 4.78 is 4.74. The third kappa shape index (κ3) is 1.91. The van der Waals surface area contributed by atoms with Crippen molar-refractivity contribution in [3.05, 3.63) is 0 Å². The van der Waals surface area contributed by atoms with Gasteiger partial charge in [-0.05, 0) is 13.0 Å². The summed E-state index contributed by atoms with van der Waals surface area (Å²) in [6, 6.07) is 0.173. The van der Waals surface area contributed by atoms with Crippen LogP contribution in [-0.2, 0) is 9.53 Å². The Labute approximate surface area is 85.4 Å². The van der Waals surface area contributed by atoms with Crippen molar-refractivity contribution in [2.24, 2.45) is 17.6 Å². The molecule has 1 heterocycles. The number of ether oxygens (including phenoxy) is 1. The summed E-state index contributed by atoms with van der Waals surface area (Å²) >= 11 is 0. The summed E-state index contributed by atoms with van der Waals surface area (Å²) in [5.74, 6) is 0.106. The lowest BCUT2D eigenvalue weighted by atomic mass is 9.92. The van der Waals surface area contributed by atoms with Crippen molar-refractivity contribution in [1.82, 2.24) is 4.90 Å². The molecule has 1 saturated heterocycles. The van der Waals surface area contributed by atoms with E-state index in [0.29, 0.717) is 12.5 Å². The van der Waals surface area contributed by atoms with Gasteiger partial charge in [-0.2, -0.15) is 0 Å². The average molecular weight is 200 g/mol. The van der Waals surface area contributed by atoms with Crippen LogP contribution in [0.4, 0.5) is 0 Å². The standard InChI is InChI=1S/C10H20N2O2/c1-6(2)9-8(11)7(5-12(9)3)10(13)14-4/h6-9H,5,11H2,1-4H3. The topological polar surface area (TPSA) is 55.6 Å². The Morgan fingerprint density at radius 2 is 2.14 bits per heavy atom. The molecular weight excluding hydrogens is 180 g/mol. The first-order valence-corrected chi connectivity index (χ1v) is 5.02. The average Bonchev–Trinajstić information content (AvgIpc) is 2.40. The van der Waals surface area contributed by atoms with Crippen molar-refractivity contribution >= 4 is 5.97 Å². The van der Waals surface area contributed by atoms with Gasteiger partial charge in [-0.1, -0.05) is 13.8 Å². The lowest BCUT2D eigenvalue weighted by Crippen LogP contribution is -2.44. The minimum Gasteiger partial charge on any atom is -0.469 e. The Bertz CT molecular complexity index is 218. The van der Waals surface area contributed by atoms with E-state index in [9.17, 15) is 4.79 Å². The molecule has 0 amide bonds. The second-order valence-electron chi connectivity index (χ2n) is 4.38. The number of nitrogens with zero attached hydrogens (tertiary/aromatic N) is 1. The van der Waals surface area contributed by atoms with Crippen molar-refractivity contribution in [2.45, 2.75) is 25.9 Å². The van der Waals surface area contributed by atoms with Crippen LogP contribution in [-0.4, -0.2) is 43.7 Å². The fourth-order valence-electron chi connectivity index (χ4n) is 2.42. The molecule has 2 N–H and O–H groups in total. The molecule has 0 aliphatic carbocycles. The maximum absolute atomic E-state index is 11.4. The number of likely N-dealkylation sites (N-methyl/N-ethyl adjacent to an activating group) is 1. The van der Waals surface area contributed by atoms with E-state index in [2.05, 4.69) is 18.7 Å². The lowest BCUT2D eigenvalue weighted by Gasteiger charge is -2.26. The van der Waals surface area contributed by atoms with Gasteiger partial charge in [-0.25, -0.2) is 0 Å². The van der Waals surface area contributed by atoms with E-state index >= 15 is 0 Å². The minimum absolute atomic E-state index is 0.104. The summed E-state index contributed by atoms with van der Waals surface area (Å²) in [7, 11) is 3.42. The molecule has 4 nitrogen and oxygen atoms in total. The predicted octanol–water partition coefficient (Wildman–Crippen LogP) is 0.0729. The molecule has 1 aliphatic rings. The van der Waals surface area contributed by atoms with Gasteiger partial charge in [0.15, 0.2) is 0 Å². The number of carbonyl (C=O) groups is 1. The van der Waals surface area contributed by atoms with Gasteiger partial charge in [0.05, 0.1) is 13.0 Å². The zero-order chi connectivity index (χ0) is 10.9. The number of likely N-dealkylation sites (tertiary alicyclic amines) is 1. The van der Waals surface area contributed by atoms with Crippen LogP contribution in [0.3, 0.4) is 0 Å². The third-order valence-electron chi connectivity index (χ3n) is 3.04.